The molecule has 1 saturated heterocycles. The quantitative estimate of drug-likeness (QED) is 0.912. The van der Waals surface area contributed by atoms with E-state index in [9.17, 15) is 4.79 Å². The first-order valence-electron chi connectivity index (χ1n) is 8.24. The van der Waals surface area contributed by atoms with Gasteiger partial charge < -0.3 is 4.90 Å². The SMILES string of the molecule is CCCC(C)N1C(=O)C2(CCCC2)NC1c1ccc(C)s1. The van der Waals surface area contributed by atoms with Crippen molar-refractivity contribution >= 4 is 17.2 Å². The molecular weight excluding hydrogens is 280 g/mol. The number of amides is 1. The van der Waals surface area contributed by atoms with Crippen LogP contribution in [0.1, 0.15) is 68.3 Å². The Balaban J connectivity index is 1.93. The fraction of sp³-hybridized carbons (Fsp3) is 0.706. The average Bonchev–Trinajstić information content (AvgIpc) is 3.13. The summed E-state index contributed by atoms with van der Waals surface area (Å²) in [7, 11) is 0. The van der Waals surface area contributed by atoms with Crippen LogP contribution < -0.4 is 5.32 Å². The standard InChI is InChI=1S/C17H26N2OS/c1-4-7-12(2)19-15(14-9-8-13(3)21-14)18-17(16(19)20)10-5-6-11-17/h8-9,12,15,18H,4-7,10-11H2,1-3H3. The molecule has 116 valence electrons. The molecule has 3 nitrogen and oxygen atoms in total. The molecular formula is C17H26N2OS. The predicted molar refractivity (Wildman–Crippen MR) is 87.3 cm³/mol. The second kappa shape index (κ2) is 5.73. The Labute approximate surface area is 131 Å². The van der Waals surface area contributed by atoms with E-state index in [0.717, 1.165) is 25.7 Å². The third-order valence-corrected chi connectivity index (χ3v) is 6.06. The molecule has 1 amide bonds. The van der Waals surface area contributed by atoms with Crippen molar-refractivity contribution in [3.63, 3.8) is 0 Å². The van der Waals surface area contributed by atoms with Crippen LogP contribution in [0, 0.1) is 6.92 Å². The average molecular weight is 306 g/mol. The summed E-state index contributed by atoms with van der Waals surface area (Å²) in [6.07, 6.45) is 6.62. The van der Waals surface area contributed by atoms with Gasteiger partial charge in [0.2, 0.25) is 5.91 Å². The molecule has 21 heavy (non-hydrogen) atoms. The summed E-state index contributed by atoms with van der Waals surface area (Å²) in [5, 5.41) is 3.72. The van der Waals surface area contributed by atoms with Crippen LogP contribution in [0.2, 0.25) is 0 Å². The van der Waals surface area contributed by atoms with Crippen LogP contribution in [-0.4, -0.2) is 22.4 Å². The molecule has 2 fully saturated rings. The van der Waals surface area contributed by atoms with Gasteiger partial charge in [-0.1, -0.05) is 26.2 Å². The second-order valence-electron chi connectivity index (χ2n) is 6.63. The Bertz CT molecular complexity index is 519. The van der Waals surface area contributed by atoms with E-state index in [2.05, 4.69) is 43.1 Å². The molecule has 1 aromatic heterocycles. The van der Waals surface area contributed by atoms with Crippen LogP contribution in [0.3, 0.4) is 0 Å². The lowest BCUT2D eigenvalue weighted by atomic mass is 9.97. The van der Waals surface area contributed by atoms with Gasteiger partial charge in [0, 0.05) is 15.8 Å². The topological polar surface area (TPSA) is 32.3 Å². The van der Waals surface area contributed by atoms with Crippen molar-refractivity contribution in [1.29, 1.82) is 0 Å². The second-order valence-corrected chi connectivity index (χ2v) is 7.95. The van der Waals surface area contributed by atoms with E-state index in [-0.39, 0.29) is 11.7 Å². The van der Waals surface area contributed by atoms with E-state index < -0.39 is 0 Å². The number of hydrogen-bond acceptors (Lipinski definition) is 3. The fourth-order valence-corrected chi connectivity index (χ4v) is 4.84. The van der Waals surface area contributed by atoms with Gasteiger partial charge in [-0.05, 0) is 45.2 Å². The monoisotopic (exact) mass is 306 g/mol. The summed E-state index contributed by atoms with van der Waals surface area (Å²) in [5.41, 5.74) is -0.273. The number of hydrogen-bond donors (Lipinski definition) is 1. The lowest BCUT2D eigenvalue weighted by Gasteiger charge is -2.30. The van der Waals surface area contributed by atoms with E-state index in [4.69, 9.17) is 0 Å². The number of aryl methyl sites for hydroxylation is 1. The Kier molecular flexibility index (Phi) is 4.10. The number of rotatable bonds is 4. The minimum absolute atomic E-state index is 0.0795. The molecule has 1 N–H and O–H groups in total. The smallest absolute Gasteiger partial charge is 0.244 e. The maximum absolute atomic E-state index is 13.1. The maximum Gasteiger partial charge on any atom is 0.244 e. The summed E-state index contributed by atoms with van der Waals surface area (Å²) in [4.78, 5) is 17.8. The van der Waals surface area contributed by atoms with E-state index in [1.165, 1.54) is 22.6 Å². The van der Waals surface area contributed by atoms with Gasteiger partial charge in [0.1, 0.15) is 6.17 Å². The number of carbonyl (C=O) groups excluding carboxylic acids is 1. The van der Waals surface area contributed by atoms with Crippen LogP contribution in [0.4, 0.5) is 0 Å². The van der Waals surface area contributed by atoms with E-state index in [1.54, 1.807) is 0 Å². The highest BCUT2D eigenvalue weighted by atomic mass is 32.1. The number of nitrogens with one attached hydrogen (secondary N) is 1. The molecule has 3 rings (SSSR count). The van der Waals surface area contributed by atoms with Gasteiger partial charge in [-0.2, -0.15) is 0 Å². The first-order chi connectivity index (χ1) is 10.1. The first kappa shape index (κ1) is 15.0. The zero-order valence-electron chi connectivity index (χ0n) is 13.3. The number of nitrogens with zero attached hydrogens (tertiary/aromatic N) is 1. The number of thiophene rings is 1. The van der Waals surface area contributed by atoms with Crippen LogP contribution in [-0.2, 0) is 4.79 Å². The van der Waals surface area contributed by atoms with Gasteiger partial charge in [-0.25, -0.2) is 0 Å². The van der Waals surface area contributed by atoms with Crippen molar-refractivity contribution < 1.29 is 4.79 Å². The van der Waals surface area contributed by atoms with Crippen molar-refractivity contribution in [3.8, 4) is 0 Å². The Morgan fingerprint density at radius 3 is 2.71 bits per heavy atom. The van der Waals surface area contributed by atoms with Crippen LogP contribution in [0.15, 0.2) is 12.1 Å². The minimum atomic E-state index is -0.273. The molecule has 2 heterocycles. The van der Waals surface area contributed by atoms with E-state index >= 15 is 0 Å². The van der Waals surface area contributed by atoms with Crippen molar-refractivity contribution in [1.82, 2.24) is 10.2 Å². The molecule has 0 radical (unpaired) electrons. The molecule has 1 saturated carbocycles. The van der Waals surface area contributed by atoms with E-state index in [1.807, 2.05) is 11.3 Å². The highest BCUT2D eigenvalue weighted by Gasteiger charge is 2.53. The third-order valence-electron chi connectivity index (χ3n) is 5.00. The van der Waals surface area contributed by atoms with Gasteiger partial charge in [-0.3, -0.25) is 10.1 Å². The van der Waals surface area contributed by atoms with Crippen molar-refractivity contribution in [2.45, 2.75) is 77.0 Å². The molecule has 2 aliphatic rings. The summed E-state index contributed by atoms with van der Waals surface area (Å²) < 4.78 is 0. The van der Waals surface area contributed by atoms with Crippen LogP contribution >= 0.6 is 11.3 Å². The molecule has 4 heteroatoms. The molecule has 1 spiro atoms. The lowest BCUT2D eigenvalue weighted by Crippen LogP contribution is -2.45. The molecule has 0 aromatic carbocycles. The zero-order valence-corrected chi connectivity index (χ0v) is 14.1. The summed E-state index contributed by atoms with van der Waals surface area (Å²) >= 11 is 1.81. The summed E-state index contributed by atoms with van der Waals surface area (Å²) in [6.45, 7) is 6.53. The van der Waals surface area contributed by atoms with E-state index in [0.29, 0.717) is 11.9 Å². The van der Waals surface area contributed by atoms with Gasteiger partial charge in [-0.15, -0.1) is 11.3 Å². The maximum atomic E-state index is 13.1. The summed E-state index contributed by atoms with van der Waals surface area (Å²) in [5.74, 6) is 0.344. The molecule has 1 aliphatic heterocycles. The summed E-state index contributed by atoms with van der Waals surface area (Å²) in [6, 6.07) is 4.65. The zero-order chi connectivity index (χ0) is 15.0. The first-order valence-corrected chi connectivity index (χ1v) is 9.06. The lowest BCUT2D eigenvalue weighted by molar-refractivity contribution is -0.135. The molecule has 2 unspecified atom stereocenters. The van der Waals surface area contributed by atoms with Crippen LogP contribution in [0.25, 0.3) is 0 Å². The Hall–Kier alpha value is -0.870. The van der Waals surface area contributed by atoms with Crippen molar-refractivity contribution in [2.24, 2.45) is 0 Å². The van der Waals surface area contributed by atoms with Gasteiger partial charge in [0.25, 0.3) is 0 Å². The molecule has 1 aromatic rings. The third kappa shape index (κ3) is 2.53. The highest BCUT2D eigenvalue weighted by Crippen LogP contribution is 2.43. The number of carbonyl (C=O) groups is 1. The highest BCUT2D eigenvalue weighted by molar-refractivity contribution is 7.12. The molecule has 0 bridgehead atoms. The van der Waals surface area contributed by atoms with Crippen molar-refractivity contribution in [3.05, 3.63) is 21.9 Å². The molecule has 2 atom stereocenters. The minimum Gasteiger partial charge on any atom is -0.318 e. The Morgan fingerprint density at radius 2 is 2.14 bits per heavy atom. The fourth-order valence-electron chi connectivity index (χ4n) is 3.91. The van der Waals surface area contributed by atoms with Gasteiger partial charge in [0.05, 0.1) is 5.54 Å². The van der Waals surface area contributed by atoms with Gasteiger partial charge in [0.15, 0.2) is 0 Å². The Morgan fingerprint density at radius 1 is 1.43 bits per heavy atom. The largest absolute Gasteiger partial charge is 0.318 e. The normalized spacial score (nSPS) is 26.0. The van der Waals surface area contributed by atoms with Gasteiger partial charge >= 0.3 is 0 Å². The van der Waals surface area contributed by atoms with Crippen molar-refractivity contribution in [2.75, 3.05) is 0 Å². The molecule has 1 aliphatic carbocycles. The van der Waals surface area contributed by atoms with Crippen LogP contribution in [0.5, 0.6) is 0 Å². The predicted octanol–water partition coefficient (Wildman–Crippen LogP) is 3.99.